The normalized spacial score (nSPS) is 10.6. The van der Waals surface area contributed by atoms with Crippen LogP contribution in [-0.4, -0.2) is 0 Å². The number of halogens is 4. The molecular formula is C12H7Cl2F2N. The van der Waals surface area contributed by atoms with Crippen LogP contribution in [0.3, 0.4) is 0 Å². The molecular weight excluding hydrogens is 267 g/mol. The molecule has 0 radical (unpaired) electrons. The molecule has 0 amide bonds. The Morgan fingerprint density at radius 3 is 2.00 bits per heavy atom. The summed E-state index contributed by atoms with van der Waals surface area (Å²) in [6, 6.07) is 6.36. The third-order valence-electron chi connectivity index (χ3n) is 2.24. The first-order chi connectivity index (χ1) is 7.97. The van der Waals surface area contributed by atoms with Crippen LogP contribution in [0.5, 0.6) is 0 Å². The molecule has 0 aliphatic heterocycles. The fourth-order valence-corrected chi connectivity index (χ4v) is 2.12. The fourth-order valence-electron chi connectivity index (χ4n) is 1.60. The van der Waals surface area contributed by atoms with Gasteiger partial charge in [-0.1, -0.05) is 23.2 Å². The maximum Gasteiger partial charge on any atom is 0.136 e. The molecule has 0 heterocycles. The number of nitrogens with two attached hydrogens (primary N) is 1. The van der Waals surface area contributed by atoms with Gasteiger partial charge in [-0.25, -0.2) is 8.78 Å². The maximum absolute atomic E-state index is 13.7. The van der Waals surface area contributed by atoms with Gasteiger partial charge in [-0.3, -0.25) is 0 Å². The molecule has 2 N–H and O–H groups in total. The minimum Gasteiger partial charge on any atom is -0.398 e. The summed E-state index contributed by atoms with van der Waals surface area (Å²) in [5, 5.41) is 0.714. The highest BCUT2D eigenvalue weighted by atomic mass is 35.5. The van der Waals surface area contributed by atoms with Crippen molar-refractivity contribution in [2.45, 2.75) is 0 Å². The smallest absolute Gasteiger partial charge is 0.136 e. The van der Waals surface area contributed by atoms with Crippen molar-refractivity contribution in [1.82, 2.24) is 0 Å². The number of rotatable bonds is 1. The van der Waals surface area contributed by atoms with E-state index in [4.69, 9.17) is 28.9 Å². The van der Waals surface area contributed by atoms with Crippen LogP contribution in [0.1, 0.15) is 0 Å². The molecule has 0 fully saturated rings. The zero-order valence-electron chi connectivity index (χ0n) is 8.48. The Morgan fingerprint density at radius 2 is 1.47 bits per heavy atom. The van der Waals surface area contributed by atoms with Crippen LogP contribution in [0.25, 0.3) is 11.1 Å². The number of nitrogen functional groups attached to an aromatic ring is 1. The lowest BCUT2D eigenvalue weighted by atomic mass is 10.0. The number of hydrogen-bond acceptors (Lipinski definition) is 1. The van der Waals surface area contributed by atoms with E-state index in [1.54, 1.807) is 0 Å². The molecule has 0 unspecified atom stereocenters. The summed E-state index contributed by atoms with van der Waals surface area (Å²) >= 11 is 11.6. The Labute approximate surface area is 107 Å². The molecule has 1 nitrogen and oxygen atoms in total. The lowest BCUT2D eigenvalue weighted by Crippen LogP contribution is -1.95. The van der Waals surface area contributed by atoms with Gasteiger partial charge in [0.1, 0.15) is 11.6 Å². The van der Waals surface area contributed by atoms with Gasteiger partial charge in [-0.15, -0.1) is 0 Å². The van der Waals surface area contributed by atoms with E-state index >= 15 is 0 Å². The van der Waals surface area contributed by atoms with Gasteiger partial charge in [0, 0.05) is 27.4 Å². The first-order valence-corrected chi connectivity index (χ1v) is 5.44. The number of anilines is 1. The molecule has 0 atom stereocenters. The highest BCUT2D eigenvalue weighted by Crippen LogP contribution is 2.33. The average molecular weight is 274 g/mol. The van der Waals surface area contributed by atoms with Crippen molar-refractivity contribution in [3.8, 4) is 11.1 Å². The van der Waals surface area contributed by atoms with Crippen LogP contribution < -0.4 is 5.73 Å². The van der Waals surface area contributed by atoms with Crippen molar-refractivity contribution in [2.75, 3.05) is 5.73 Å². The van der Waals surface area contributed by atoms with E-state index < -0.39 is 11.6 Å². The second-order valence-electron chi connectivity index (χ2n) is 3.51. The minimum absolute atomic E-state index is 0.000772. The zero-order valence-corrected chi connectivity index (χ0v) is 9.99. The van der Waals surface area contributed by atoms with Gasteiger partial charge in [0.05, 0.1) is 0 Å². The predicted molar refractivity (Wildman–Crippen MR) is 66.2 cm³/mol. The molecule has 0 saturated carbocycles. The second-order valence-corrected chi connectivity index (χ2v) is 4.38. The van der Waals surface area contributed by atoms with E-state index in [1.165, 1.54) is 18.2 Å². The van der Waals surface area contributed by atoms with Crippen molar-refractivity contribution in [1.29, 1.82) is 0 Å². The summed E-state index contributed by atoms with van der Waals surface area (Å²) in [5.41, 5.74) is 6.10. The number of benzene rings is 2. The molecule has 5 heteroatoms. The van der Waals surface area contributed by atoms with Gasteiger partial charge < -0.3 is 5.73 Å². The summed E-state index contributed by atoms with van der Waals surface area (Å²) in [6.07, 6.45) is 0. The largest absolute Gasteiger partial charge is 0.398 e. The zero-order chi connectivity index (χ0) is 12.6. The summed E-state index contributed by atoms with van der Waals surface area (Å²) in [6.45, 7) is 0. The van der Waals surface area contributed by atoms with E-state index in [9.17, 15) is 8.78 Å². The monoisotopic (exact) mass is 273 g/mol. The van der Waals surface area contributed by atoms with Gasteiger partial charge in [0.25, 0.3) is 0 Å². The molecule has 88 valence electrons. The molecule has 17 heavy (non-hydrogen) atoms. The van der Waals surface area contributed by atoms with Crippen molar-refractivity contribution in [3.05, 3.63) is 52.0 Å². The van der Waals surface area contributed by atoms with Crippen LogP contribution in [-0.2, 0) is 0 Å². The van der Waals surface area contributed by atoms with Gasteiger partial charge >= 0.3 is 0 Å². The summed E-state index contributed by atoms with van der Waals surface area (Å²) in [4.78, 5) is 0. The van der Waals surface area contributed by atoms with Crippen molar-refractivity contribution in [3.63, 3.8) is 0 Å². The summed E-state index contributed by atoms with van der Waals surface area (Å²) in [5.74, 6) is -1.47. The van der Waals surface area contributed by atoms with Gasteiger partial charge in [-0.2, -0.15) is 0 Å². The quantitative estimate of drug-likeness (QED) is 0.760. The highest BCUT2D eigenvalue weighted by Gasteiger charge is 2.12. The third kappa shape index (κ3) is 2.51. The maximum atomic E-state index is 13.7. The highest BCUT2D eigenvalue weighted by molar-refractivity contribution is 6.35. The molecule has 0 aliphatic carbocycles. The Kier molecular flexibility index (Phi) is 3.22. The first kappa shape index (κ1) is 12.1. The van der Waals surface area contributed by atoms with E-state index in [-0.39, 0.29) is 11.3 Å². The topological polar surface area (TPSA) is 26.0 Å². The van der Waals surface area contributed by atoms with E-state index in [1.807, 2.05) is 0 Å². The van der Waals surface area contributed by atoms with Crippen LogP contribution in [0.4, 0.5) is 14.5 Å². The van der Waals surface area contributed by atoms with Crippen LogP contribution in [0.2, 0.25) is 10.0 Å². The Hall–Kier alpha value is -1.32. The lowest BCUT2D eigenvalue weighted by molar-refractivity contribution is 0.586. The second kappa shape index (κ2) is 4.51. The molecule has 2 aromatic carbocycles. The van der Waals surface area contributed by atoms with Gasteiger partial charge in [0.2, 0.25) is 0 Å². The van der Waals surface area contributed by atoms with Crippen LogP contribution >= 0.6 is 23.2 Å². The van der Waals surface area contributed by atoms with Crippen LogP contribution in [0.15, 0.2) is 30.3 Å². The Balaban J connectivity index is 2.68. The molecule has 0 aromatic heterocycles. The Morgan fingerprint density at radius 1 is 0.882 bits per heavy atom. The van der Waals surface area contributed by atoms with Crippen molar-refractivity contribution >= 4 is 28.9 Å². The molecule has 0 aliphatic rings. The van der Waals surface area contributed by atoms with E-state index in [2.05, 4.69) is 0 Å². The van der Waals surface area contributed by atoms with Crippen LogP contribution in [0, 0.1) is 11.6 Å². The predicted octanol–water partition coefficient (Wildman–Crippen LogP) is 4.52. The lowest BCUT2D eigenvalue weighted by Gasteiger charge is -2.08. The molecule has 2 rings (SSSR count). The van der Waals surface area contributed by atoms with E-state index in [0.29, 0.717) is 15.6 Å². The van der Waals surface area contributed by atoms with Gasteiger partial charge in [0.15, 0.2) is 0 Å². The minimum atomic E-state index is -0.749. The third-order valence-corrected chi connectivity index (χ3v) is 2.67. The van der Waals surface area contributed by atoms with E-state index in [0.717, 1.165) is 12.1 Å². The van der Waals surface area contributed by atoms with Crippen molar-refractivity contribution < 1.29 is 8.78 Å². The summed E-state index contributed by atoms with van der Waals surface area (Å²) in [7, 11) is 0. The molecule has 2 aromatic rings. The number of hydrogen-bond donors (Lipinski definition) is 1. The molecule has 0 spiro atoms. The molecule has 0 bridgehead atoms. The molecule has 0 saturated heterocycles. The van der Waals surface area contributed by atoms with Gasteiger partial charge in [-0.05, 0) is 29.8 Å². The fraction of sp³-hybridized carbons (Fsp3) is 0. The van der Waals surface area contributed by atoms with Crippen molar-refractivity contribution in [2.24, 2.45) is 0 Å². The SMILES string of the molecule is Nc1cc(F)cc(F)c1-c1cc(Cl)cc(Cl)c1. The average Bonchev–Trinajstić information content (AvgIpc) is 2.13. The Bertz CT molecular complexity index is 541. The standard InChI is InChI=1S/C12H7Cl2F2N/c13-7-1-6(2-8(14)3-7)12-10(16)4-9(15)5-11(12)17/h1-5H,17H2. The first-order valence-electron chi connectivity index (χ1n) is 4.68. The summed E-state index contributed by atoms with van der Waals surface area (Å²) < 4.78 is 26.6.